The quantitative estimate of drug-likeness (QED) is 0.191. The van der Waals surface area contributed by atoms with E-state index in [1.807, 2.05) is 23.0 Å². The molecule has 16 heteroatoms. The van der Waals surface area contributed by atoms with Crippen LogP contribution in [-0.4, -0.2) is 66.2 Å². The maximum absolute atomic E-state index is 13.5. The van der Waals surface area contributed by atoms with Gasteiger partial charge >= 0.3 is 11.9 Å². The Morgan fingerprint density at radius 3 is 2.54 bits per heavy atom. The maximum atomic E-state index is 13.5. The molecule has 1 aliphatic carbocycles. The first-order valence-corrected chi connectivity index (χ1v) is 18.4. The van der Waals surface area contributed by atoms with Gasteiger partial charge in [-0.2, -0.15) is 18.3 Å². The number of carbonyl (C=O) groups is 3. The fourth-order valence-electron chi connectivity index (χ4n) is 8.44. The number of alkyl halides is 3. The third kappa shape index (κ3) is 6.57. The van der Waals surface area contributed by atoms with Gasteiger partial charge in [0.15, 0.2) is 0 Å². The number of likely N-dealkylation sites (tertiary alicyclic amines) is 1. The minimum absolute atomic E-state index is 0.198. The standard InChI is InChI=1S/C38H38ClF3N8O4/c1-20-6-7-29-34(47(2)37(54)50(29)30-8-9-32(51)45-36(30)53)33(20)22-10-12-48(13-11-22)18-21-14-24(15-21)49-19-23-16-28(25(39)17-27(23)46-49)44-35(52)26-4-3-5-31(43-26)38(40,41)42/h3-7,16-17,19,21-22,24,30H,8-15,18H2,1-2H3,(H,44,52)(H,45,51,53). The fraction of sp³-hybridized carbons (Fsp3) is 0.421. The Kier molecular flexibility index (Phi) is 9.12. The molecule has 2 aliphatic heterocycles. The van der Waals surface area contributed by atoms with Gasteiger partial charge in [-0.15, -0.1) is 0 Å². The molecule has 3 fully saturated rings. The van der Waals surface area contributed by atoms with Crippen LogP contribution in [0.3, 0.4) is 0 Å². The molecular formula is C38H38ClF3N8O4. The molecule has 2 saturated heterocycles. The van der Waals surface area contributed by atoms with Gasteiger partial charge in [0.05, 0.1) is 33.3 Å². The number of halogens is 4. The number of hydrogen-bond donors (Lipinski definition) is 2. The Balaban J connectivity index is 0.890. The van der Waals surface area contributed by atoms with E-state index in [1.54, 1.807) is 28.3 Å². The summed E-state index contributed by atoms with van der Waals surface area (Å²) < 4.78 is 44.4. The van der Waals surface area contributed by atoms with Crippen molar-refractivity contribution in [1.29, 1.82) is 0 Å². The highest BCUT2D eigenvalue weighted by Gasteiger charge is 2.36. The topological polar surface area (TPSA) is 136 Å². The molecule has 5 aromatic rings. The monoisotopic (exact) mass is 762 g/mol. The summed E-state index contributed by atoms with van der Waals surface area (Å²) in [6.45, 7) is 4.91. The number of aryl methyl sites for hydroxylation is 2. The molecule has 0 bridgehead atoms. The number of pyridine rings is 1. The number of imidazole rings is 1. The van der Waals surface area contributed by atoms with Crippen LogP contribution in [0.15, 0.2) is 53.5 Å². The average Bonchev–Trinajstić information content (AvgIpc) is 3.63. The Bertz CT molecular complexity index is 2390. The Hall–Kier alpha value is -5.02. The highest BCUT2D eigenvalue weighted by atomic mass is 35.5. The zero-order valence-electron chi connectivity index (χ0n) is 29.6. The van der Waals surface area contributed by atoms with Crippen LogP contribution in [0, 0.1) is 12.8 Å². The summed E-state index contributed by atoms with van der Waals surface area (Å²) in [7, 11) is 1.76. The van der Waals surface area contributed by atoms with E-state index >= 15 is 0 Å². The first-order valence-electron chi connectivity index (χ1n) is 18.1. The number of nitrogens with zero attached hydrogens (tertiary/aromatic N) is 6. The van der Waals surface area contributed by atoms with Crippen molar-refractivity contribution >= 4 is 56.9 Å². The van der Waals surface area contributed by atoms with Gasteiger partial charge in [0, 0.05) is 31.6 Å². The third-order valence-corrected chi connectivity index (χ3v) is 11.6. The summed E-state index contributed by atoms with van der Waals surface area (Å²) in [5.41, 5.74) is 2.98. The molecule has 3 aromatic heterocycles. The van der Waals surface area contributed by atoms with E-state index in [-0.39, 0.29) is 46.4 Å². The second kappa shape index (κ2) is 13.7. The minimum Gasteiger partial charge on any atom is -0.319 e. The van der Waals surface area contributed by atoms with Crippen LogP contribution < -0.4 is 16.3 Å². The van der Waals surface area contributed by atoms with Gasteiger partial charge < -0.3 is 10.2 Å². The van der Waals surface area contributed by atoms with Crippen molar-refractivity contribution < 1.29 is 27.6 Å². The van der Waals surface area contributed by atoms with Gasteiger partial charge in [-0.3, -0.25) is 33.5 Å². The summed E-state index contributed by atoms with van der Waals surface area (Å²) >= 11 is 6.44. The number of hydrogen-bond acceptors (Lipinski definition) is 7. The van der Waals surface area contributed by atoms with Crippen molar-refractivity contribution in [2.75, 3.05) is 25.0 Å². The van der Waals surface area contributed by atoms with Crippen LogP contribution in [0.1, 0.15) is 83.8 Å². The molecule has 1 atom stereocenters. The van der Waals surface area contributed by atoms with E-state index in [1.165, 1.54) is 6.07 Å². The second-order valence-corrected chi connectivity index (χ2v) is 15.2. The average molecular weight is 763 g/mol. The van der Waals surface area contributed by atoms with Crippen LogP contribution in [0.25, 0.3) is 21.9 Å². The predicted octanol–water partition coefficient (Wildman–Crippen LogP) is 6.13. The number of aromatic nitrogens is 5. The number of imide groups is 1. The molecule has 1 unspecified atom stereocenters. The number of amides is 3. The molecule has 282 valence electrons. The third-order valence-electron chi connectivity index (χ3n) is 11.3. The van der Waals surface area contributed by atoms with Gasteiger partial charge in [0.1, 0.15) is 17.4 Å². The first-order chi connectivity index (χ1) is 25.7. The SMILES string of the molecule is Cc1ccc2c(c1C1CCN(CC3CC(n4cc5cc(NC(=O)c6cccc(C(F)(F)F)n6)c(Cl)cc5n4)C3)CC1)n(C)c(=O)n2C1CCC(=O)NC1=O. The van der Waals surface area contributed by atoms with Crippen LogP contribution in [0.2, 0.25) is 5.02 Å². The number of rotatable bonds is 7. The second-order valence-electron chi connectivity index (χ2n) is 14.8. The number of fused-ring (bicyclic) bond motifs is 2. The largest absolute Gasteiger partial charge is 0.433 e. The Morgan fingerprint density at radius 1 is 1.06 bits per heavy atom. The van der Waals surface area contributed by atoms with Gasteiger partial charge in [-0.05, 0) is 105 Å². The molecule has 8 rings (SSSR count). The van der Waals surface area contributed by atoms with Crippen LogP contribution in [0.4, 0.5) is 18.9 Å². The van der Waals surface area contributed by atoms with Crippen molar-refractivity contribution in [3.8, 4) is 0 Å². The molecular weight excluding hydrogens is 725 g/mol. The van der Waals surface area contributed by atoms with E-state index < -0.39 is 29.7 Å². The van der Waals surface area contributed by atoms with Gasteiger partial charge in [0.25, 0.3) is 5.91 Å². The van der Waals surface area contributed by atoms with Gasteiger partial charge in [0.2, 0.25) is 11.8 Å². The maximum Gasteiger partial charge on any atom is 0.433 e. The number of benzene rings is 2. The summed E-state index contributed by atoms with van der Waals surface area (Å²) in [5, 5.41) is 10.6. The molecule has 54 heavy (non-hydrogen) atoms. The van der Waals surface area contributed by atoms with Crippen molar-refractivity contribution in [3.05, 3.63) is 86.7 Å². The normalized spacial score (nSPS) is 21.4. The summed E-state index contributed by atoms with van der Waals surface area (Å²) in [5.74, 6) is -0.785. The van der Waals surface area contributed by atoms with E-state index in [0.717, 1.165) is 85.0 Å². The predicted molar refractivity (Wildman–Crippen MR) is 195 cm³/mol. The van der Waals surface area contributed by atoms with E-state index in [4.69, 9.17) is 16.7 Å². The lowest BCUT2D eigenvalue weighted by atomic mass is 9.79. The van der Waals surface area contributed by atoms with Crippen molar-refractivity contribution in [2.24, 2.45) is 13.0 Å². The molecule has 5 heterocycles. The van der Waals surface area contributed by atoms with Crippen LogP contribution in [0.5, 0.6) is 0 Å². The summed E-state index contributed by atoms with van der Waals surface area (Å²) in [4.78, 5) is 56.7. The molecule has 2 N–H and O–H groups in total. The number of piperidine rings is 2. The molecule has 12 nitrogen and oxygen atoms in total. The lowest BCUT2D eigenvalue weighted by Gasteiger charge is -2.41. The van der Waals surface area contributed by atoms with Crippen molar-refractivity contribution in [1.82, 2.24) is 34.1 Å². The van der Waals surface area contributed by atoms with Crippen LogP contribution in [-0.2, 0) is 22.8 Å². The first kappa shape index (κ1) is 36.0. The molecule has 2 aromatic carbocycles. The van der Waals surface area contributed by atoms with Gasteiger partial charge in [-0.1, -0.05) is 23.7 Å². The number of carbonyl (C=O) groups excluding carboxylic acids is 3. The number of nitrogens with one attached hydrogen (secondary N) is 2. The zero-order chi connectivity index (χ0) is 38.1. The smallest absolute Gasteiger partial charge is 0.319 e. The minimum atomic E-state index is -4.67. The summed E-state index contributed by atoms with van der Waals surface area (Å²) in [6, 6.07) is 9.88. The number of anilines is 1. The van der Waals surface area contributed by atoms with E-state index in [2.05, 4.69) is 27.4 Å². The van der Waals surface area contributed by atoms with Crippen molar-refractivity contribution in [3.63, 3.8) is 0 Å². The molecule has 1 saturated carbocycles. The highest BCUT2D eigenvalue weighted by molar-refractivity contribution is 6.34. The van der Waals surface area contributed by atoms with Crippen molar-refractivity contribution in [2.45, 2.75) is 69.6 Å². The summed E-state index contributed by atoms with van der Waals surface area (Å²) in [6.07, 6.45) is 1.54. The Labute approximate surface area is 312 Å². The molecule has 3 aliphatic rings. The van der Waals surface area contributed by atoms with E-state index in [0.29, 0.717) is 17.9 Å². The van der Waals surface area contributed by atoms with Crippen LogP contribution >= 0.6 is 11.6 Å². The zero-order valence-corrected chi connectivity index (χ0v) is 30.4. The molecule has 3 amide bonds. The van der Waals surface area contributed by atoms with Gasteiger partial charge in [-0.25, -0.2) is 9.78 Å². The molecule has 0 spiro atoms. The lowest BCUT2D eigenvalue weighted by molar-refractivity contribution is -0.141. The van der Waals surface area contributed by atoms with E-state index in [9.17, 15) is 32.3 Å². The molecule has 0 radical (unpaired) electrons. The highest BCUT2D eigenvalue weighted by Crippen LogP contribution is 2.41. The lowest BCUT2D eigenvalue weighted by Crippen LogP contribution is -2.44. The fourth-order valence-corrected chi connectivity index (χ4v) is 8.64. The Morgan fingerprint density at radius 2 is 1.81 bits per heavy atom.